The molecule has 220 valence electrons. The number of carbonyl (C=O) groups excluding carboxylic acids is 1. The summed E-state index contributed by atoms with van der Waals surface area (Å²) in [4.78, 5) is 28.7. The molecule has 0 spiro atoms. The fourth-order valence-electron chi connectivity index (χ4n) is 5.34. The largest absolute Gasteiger partial charge is 0.395 e. The van der Waals surface area contributed by atoms with Gasteiger partial charge in [-0.1, -0.05) is 13.1 Å². The van der Waals surface area contributed by atoms with Crippen molar-refractivity contribution < 1.29 is 31.5 Å². The minimum Gasteiger partial charge on any atom is -0.395 e. The number of alkyl halides is 3. The quantitative estimate of drug-likeness (QED) is 0.390. The molecule has 1 aromatic heterocycles. The molecular formula is C26H35F3N4O5SSi. The summed E-state index contributed by atoms with van der Waals surface area (Å²) >= 11 is 0. The fraction of sp³-hybridized carbons (Fsp3) is 0.538. The number of halogens is 3. The summed E-state index contributed by atoms with van der Waals surface area (Å²) in [5.41, 5.74) is 0.355. The number of nitrogens with one attached hydrogen (secondary N) is 2. The number of benzene rings is 1. The molecule has 1 aliphatic carbocycles. The van der Waals surface area contributed by atoms with Crippen LogP contribution in [0.3, 0.4) is 0 Å². The van der Waals surface area contributed by atoms with Gasteiger partial charge in [-0.15, -0.1) is 0 Å². The zero-order chi connectivity index (χ0) is 29.3. The molecule has 1 aliphatic heterocycles. The molecular weight excluding hydrogens is 565 g/mol. The Kier molecular flexibility index (Phi) is 8.71. The molecule has 4 rings (SSSR count). The molecule has 9 nitrogen and oxygen atoms in total. The molecule has 0 radical (unpaired) electrons. The second-order valence-corrected chi connectivity index (χ2v) is 18.5. The van der Waals surface area contributed by atoms with E-state index in [0.717, 1.165) is 12.1 Å². The molecule has 2 aromatic rings. The molecule has 0 unspecified atom stereocenters. The lowest BCUT2D eigenvalue weighted by Crippen LogP contribution is -2.43. The smallest absolute Gasteiger partial charge is 0.391 e. The summed E-state index contributed by atoms with van der Waals surface area (Å²) in [6.07, 6.45) is -2.89. The Balaban J connectivity index is 1.61. The summed E-state index contributed by atoms with van der Waals surface area (Å²) in [5.74, 6) is -2.52. The monoisotopic (exact) mass is 600 g/mol. The SMILES string of the molecule is C[Si]1(C)CCN(c2cc(NS(=O)(=O)CCO)ccc2C(=O)Nc2cccn([C@H]3CC[C@H](C(F)(F)F)C3)c2=O)CC1. The van der Waals surface area contributed by atoms with Crippen LogP contribution in [0.5, 0.6) is 0 Å². The van der Waals surface area contributed by atoms with Crippen LogP contribution in [-0.2, 0) is 10.0 Å². The van der Waals surface area contributed by atoms with Gasteiger partial charge in [-0.05, 0) is 61.7 Å². The van der Waals surface area contributed by atoms with E-state index in [1.54, 1.807) is 6.07 Å². The van der Waals surface area contributed by atoms with Gasteiger partial charge in [0.25, 0.3) is 11.5 Å². The number of rotatable bonds is 8. The highest BCUT2D eigenvalue weighted by Gasteiger charge is 2.44. The first kappa shape index (κ1) is 30.1. The predicted molar refractivity (Wildman–Crippen MR) is 151 cm³/mol. The van der Waals surface area contributed by atoms with E-state index in [2.05, 4.69) is 23.1 Å². The van der Waals surface area contributed by atoms with Gasteiger partial charge < -0.3 is 19.9 Å². The number of anilines is 3. The first-order chi connectivity index (χ1) is 18.7. The van der Waals surface area contributed by atoms with E-state index in [-0.39, 0.29) is 36.2 Å². The number of carbonyl (C=O) groups is 1. The third kappa shape index (κ3) is 7.07. The third-order valence-electron chi connectivity index (χ3n) is 7.82. The van der Waals surface area contributed by atoms with Crippen LogP contribution in [0.2, 0.25) is 25.2 Å². The Bertz CT molecular complexity index is 1400. The van der Waals surface area contributed by atoms with Crippen LogP contribution in [-0.4, -0.2) is 63.7 Å². The van der Waals surface area contributed by atoms with E-state index in [0.29, 0.717) is 18.8 Å². The molecule has 2 aliphatic rings. The number of aliphatic hydroxyl groups excluding tert-OH is 1. The van der Waals surface area contributed by atoms with Crippen molar-refractivity contribution in [3.05, 3.63) is 52.4 Å². The standard InChI is InChI=1S/C26H35F3N4O5SSi/c1-40(2)14-10-32(11-15-40)23-17-19(31-39(37,38)13-12-34)6-8-21(23)24(35)30-22-4-3-9-33(25(22)36)20-7-5-18(16-20)26(27,28)29/h3-4,6,8-9,17-18,20,31,34H,5,7,10-16H2,1-2H3,(H,30,35)/t18-,20-/m0/s1. The summed E-state index contributed by atoms with van der Waals surface area (Å²) in [7, 11) is -5.16. The maximum atomic E-state index is 13.5. The minimum absolute atomic E-state index is 0.0474. The molecule has 1 aromatic carbocycles. The van der Waals surface area contributed by atoms with Gasteiger partial charge in [0.1, 0.15) is 5.69 Å². The number of hydrogen-bond acceptors (Lipinski definition) is 6. The molecule has 2 heterocycles. The lowest BCUT2D eigenvalue weighted by molar-refractivity contribution is -0.173. The van der Waals surface area contributed by atoms with Crippen LogP contribution < -0.4 is 20.5 Å². The summed E-state index contributed by atoms with van der Waals surface area (Å²) in [5, 5.41) is 11.7. The summed E-state index contributed by atoms with van der Waals surface area (Å²) in [6.45, 7) is 5.41. The summed E-state index contributed by atoms with van der Waals surface area (Å²) < 4.78 is 67.7. The number of aromatic nitrogens is 1. The van der Waals surface area contributed by atoms with Crippen molar-refractivity contribution >= 4 is 41.1 Å². The molecule has 0 bridgehead atoms. The highest BCUT2D eigenvalue weighted by molar-refractivity contribution is 7.92. The van der Waals surface area contributed by atoms with Crippen molar-refractivity contribution in [3.8, 4) is 0 Å². The van der Waals surface area contributed by atoms with Crippen molar-refractivity contribution in [2.24, 2.45) is 5.92 Å². The van der Waals surface area contributed by atoms with E-state index >= 15 is 0 Å². The Morgan fingerprint density at radius 1 is 1.15 bits per heavy atom. The Morgan fingerprint density at radius 2 is 1.85 bits per heavy atom. The fourth-order valence-corrected chi connectivity index (χ4v) is 8.17. The van der Waals surface area contributed by atoms with Gasteiger partial charge in [-0.2, -0.15) is 13.2 Å². The van der Waals surface area contributed by atoms with Crippen LogP contribution in [0.25, 0.3) is 0 Å². The van der Waals surface area contributed by atoms with E-state index in [1.165, 1.54) is 35.0 Å². The highest BCUT2D eigenvalue weighted by Crippen LogP contribution is 2.43. The third-order valence-corrected chi connectivity index (χ3v) is 12.2. The van der Waals surface area contributed by atoms with Gasteiger partial charge >= 0.3 is 6.18 Å². The summed E-state index contributed by atoms with van der Waals surface area (Å²) in [6, 6.07) is 8.78. The minimum atomic E-state index is -4.31. The molecule has 2 fully saturated rings. The normalized spacial score (nSPS) is 21.3. The molecule has 1 amide bonds. The second-order valence-electron chi connectivity index (χ2n) is 11.3. The van der Waals surface area contributed by atoms with Crippen molar-refractivity contribution in [1.29, 1.82) is 0 Å². The average Bonchev–Trinajstić information content (AvgIpc) is 3.36. The number of hydrogen-bond donors (Lipinski definition) is 3. The molecule has 1 saturated carbocycles. The lowest BCUT2D eigenvalue weighted by atomic mass is 10.1. The zero-order valence-electron chi connectivity index (χ0n) is 22.5. The predicted octanol–water partition coefficient (Wildman–Crippen LogP) is 4.27. The zero-order valence-corrected chi connectivity index (χ0v) is 24.3. The van der Waals surface area contributed by atoms with E-state index in [4.69, 9.17) is 5.11 Å². The maximum absolute atomic E-state index is 13.5. The van der Waals surface area contributed by atoms with Crippen molar-refractivity contribution in [1.82, 2.24) is 4.57 Å². The Labute approximate surface area is 232 Å². The average molecular weight is 601 g/mol. The second kappa shape index (κ2) is 11.6. The molecule has 40 heavy (non-hydrogen) atoms. The van der Waals surface area contributed by atoms with Crippen LogP contribution in [0.4, 0.5) is 30.2 Å². The highest BCUT2D eigenvalue weighted by atomic mass is 32.2. The first-order valence-electron chi connectivity index (χ1n) is 13.3. The van der Waals surface area contributed by atoms with E-state index in [1.807, 2.05) is 4.90 Å². The number of amides is 1. The van der Waals surface area contributed by atoms with Gasteiger partial charge in [0.15, 0.2) is 0 Å². The number of pyridine rings is 1. The van der Waals surface area contributed by atoms with Crippen LogP contribution in [0, 0.1) is 5.92 Å². The van der Waals surface area contributed by atoms with Crippen LogP contribution >= 0.6 is 0 Å². The first-order valence-corrected chi connectivity index (χ1v) is 18.4. The molecule has 14 heteroatoms. The van der Waals surface area contributed by atoms with Gasteiger partial charge in [0, 0.05) is 25.3 Å². The van der Waals surface area contributed by atoms with Crippen LogP contribution in [0.15, 0.2) is 41.3 Å². The van der Waals surface area contributed by atoms with Gasteiger partial charge in [0.2, 0.25) is 10.0 Å². The van der Waals surface area contributed by atoms with E-state index < -0.39 is 60.1 Å². The van der Waals surface area contributed by atoms with E-state index in [9.17, 15) is 31.2 Å². The number of aliphatic hydroxyl groups is 1. The molecule has 1 saturated heterocycles. The molecule has 2 atom stereocenters. The number of nitrogens with zero attached hydrogens (tertiary/aromatic N) is 2. The topological polar surface area (TPSA) is 121 Å². The van der Waals surface area contributed by atoms with Gasteiger partial charge in [-0.25, -0.2) is 8.42 Å². The van der Waals surface area contributed by atoms with Crippen LogP contribution in [0.1, 0.15) is 35.7 Å². The van der Waals surface area contributed by atoms with Crippen molar-refractivity contribution in [3.63, 3.8) is 0 Å². The lowest BCUT2D eigenvalue weighted by Gasteiger charge is -2.38. The van der Waals surface area contributed by atoms with Crippen molar-refractivity contribution in [2.45, 2.75) is 56.7 Å². The Morgan fingerprint density at radius 3 is 2.48 bits per heavy atom. The van der Waals surface area contributed by atoms with Crippen molar-refractivity contribution in [2.75, 3.05) is 40.4 Å². The van der Waals surface area contributed by atoms with Gasteiger partial charge in [-0.3, -0.25) is 14.3 Å². The van der Waals surface area contributed by atoms with Gasteiger partial charge in [0.05, 0.1) is 43.3 Å². The maximum Gasteiger partial charge on any atom is 0.391 e. The molecule has 3 N–H and O–H groups in total. The number of sulfonamides is 1. The Hall–Kier alpha value is -2.84.